The number of hydrogen-bond donors (Lipinski definition) is 0. The molecule has 5 nitrogen and oxygen atoms in total. The second-order valence-electron chi connectivity index (χ2n) is 17.5. The van der Waals surface area contributed by atoms with Gasteiger partial charge in [0.05, 0.1) is 6.04 Å². The van der Waals surface area contributed by atoms with Crippen molar-refractivity contribution in [3.63, 3.8) is 0 Å². The summed E-state index contributed by atoms with van der Waals surface area (Å²) < 4.78 is 6.81. The van der Waals surface area contributed by atoms with Crippen LogP contribution in [0.2, 0.25) is 0 Å². The van der Waals surface area contributed by atoms with E-state index >= 15 is 0 Å². The number of anilines is 2. The first-order valence-electron chi connectivity index (χ1n) is 23.2. The van der Waals surface area contributed by atoms with E-state index in [9.17, 15) is 0 Å². The topological polar surface area (TPSA) is 55.1 Å². The third-order valence-electron chi connectivity index (χ3n) is 13.5. The van der Waals surface area contributed by atoms with Crippen molar-refractivity contribution in [2.24, 2.45) is 0 Å². The molecule has 2 atom stereocenters. The maximum absolute atomic E-state index is 6.81. The molecule has 0 amide bonds. The Hall–Kier alpha value is -8.93. The minimum atomic E-state index is 0.0599. The molecular formula is C63H42N4O. The predicted molar refractivity (Wildman–Crippen MR) is 277 cm³/mol. The van der Waals surface area contributed by atoms with Gasteiger partial charge in [-0.05, 0) is 86.5 Å². The van der Waals surface area contributed by atoms with Gasteiger partial charge >= 0.3 is 0 Å². The van der Waals surface area contributed by atoms with Crippen molar-refractivity contribution in [3.8, 4) is 78.7 Å². The number of fused-ring (bicyclic) bond motifs is 7. The lowest BCUT2D eigenvalue weighted by atomic mass is 9.82. The Morgan fingerprint density at radius 2 is 0.824 bits per heavy atom. The van der Waals surface area contributed by atoms with Crippen LogP contribution in [-0.4, -0.2) is 21.0 Å². The molecule has 2 unspecified atom stereocenters. The normalized spacial score (nSPS) is 14.7. The fourth-order valence-corrected chi connectivity index (χ4v) is 10.2. The van der Waals surface area contributed by atoms with E-state index in [0.717, 1.165) is 61.4 Å². The fourth-order valence-electron chi connectivity index (χ4n) is 10.2. The Morgan fingerprint density at radius 3 is 1.47 bits per heavy atom. The summed E-state index contributed by atoms with van der Waals surface area (Å²) in [4.78, 5) is 18.0. The Bertz CT molecular complexity index is 3680. The molecule has 0 saturated heterocycles. The lowest BCUT2D eigenvalue weighted by molar-refractivity contribution is 0.584. The van der Waals surface area contributed by atoms with Crippen molar-refractivity contribution in [3.05, 3.63) is 253 Å². The summed E-state index contributed by atoms with van der Waals surface area (Å²) >= 11 is 0. The van der Waals surface area contributed by atoms with Crippen molar-refractivity contribution in [2.45, 2.75) is 12.0 Å². The fraction of sp³-hybridized carbons (Fsp3) is 0.0317. The number of benzene rings is 9. The molecule has 1 aliphatic heterocycles. The molecule has 0 bridgehead atoms. The van der Waals surface area contributed by atoms with Gasteiger partial charge in [0, 0.05) is 44.9 Å². The van der Waals surface area contributed by atoms with E-state index in [1.54, 1.807) is 0 Å². The smallest absolute Gasteiger partial charge is 0.164 e. The van der Waals surface area contributed by atoms with Gasteiger partial charge in [-0.15, -0.1) is 0 Å². The summed E-state index contributed by atoms with van der Waals surface area (Å²) in [7, 11) is 0. The van der Waals surface area contributed by atoms with Crippen LogP contribution >= 0.6 is 0 Å². The Labute approximate surface area is 395 Å². The van der Waals surface area contributed by atoms with Crippen LogP contribution in [0, 0.1) is 0 Å². The molecule has 0 saturated carbocycles. The van der Waals surface area contributed by atoms with Crippen molar-refractivity contribution < 1.29 is 4.42 Å². The lowest BCUT2D eigenvalue weighted by Crippen LogP contribution is -2.30. The van der Waals surface area contributed by atoms with E-state index < -0.39 is 0 Å². The number of para-hydroxylation sites is 1. The summed E-state index contributed by atoms with van der Waals surface area (Å²) in [6.45, 7) is 0. The zero-order valence-electron chi connectivity index (χ0n) is 36.9. The molecule has 0 spiro atoms. The molecule has 2 aliphatic rings. The predicted octanol–water partition coefficient (Wildman–Crippen LogP) is 16.0. The molecule has 0 radical (unpaired) electrons. The highest BCUT2D eigenvalue weighted by Gasteiger charge is 2.43. The quantitative estimate of drug-likeness (QED) is 0.152. The van der Waals surface area contributed by atoms with E-state index in [0.29, 0.717) is 17.5 Å². The van der Waals surface area contributed by atoms with Crippen LogP contribution in [0.5, 0.6) is 0 Å². The van der Waals surface area contributed by atoms with E-state index in [2.05, 4.69) is 235 Å². The van der Waals surface area contributed by atoms with Crippen LogP contribution < -0.4 is 4.90 Å². The average molecular weight is 871 g/mol. The maximum Gasteiger partial charge on any atom is 0.164 e. The Morgan fingerprint density at radius 1 is 0.368 bits per heavy atom. The van der Waals surface area contributed by atoms with E-state index in [1.165, 1.54) is 39.1 Å². The number of aromatic nitrogens is 3. The van der Waals surface area contributed by atoms with Crippen molar-refractivity contribution >= 4 is 28.4 Å². The summed E-state index contributed by atoms with van der Waals surface area (Å²) in [5, 5.41) is 1.09. The monoisotopic (exact) mass is 870 g/mol. The molecule has 320 valence electrons. The van der Waals surface area contributed by atoms with Gasteiger partial charge in [0.2, 0.25) is 0 Å². The van der Waals surface area contributed by atoms with Crippen molar-refractivity contribution in [1.82, 2.24) is 15.0 Å². The summed E-state index contributed by atoms with van der Waals surface area (Å²) in [6.07, 6.45) is 4.48. The highest BCUT2D eigenvalue weighted by atomic mass is 16.3. The van der Waals surface area contributed by atoms with Crippen LogP contribution in [0.3, 0.4) is 0 Å². The second kappa shape index (κ2) is 16.5. The molecule has 13 rings (SSSR count). The van der Waals surface area contributed by atoms with Crippen LogP contribution in [0.1, 0.15) is 22.8 Å². The van der Waals surface area contributed by atoms with Crippen LogP contribution in [0.4, 0.5) is 11.4 Å². The van der Waals surface area contributed by atoms with Gasteiger partial charge in [0.15, 0.2) is 17.5 Å². The first kappa shape index (κ1) is 39.4. The van der Waals surface area contributed by atoms with Gasteiger partial charge in [0.1, 0.15) is 11.3 Å². The standard InChI is InChI=1S/C63H42N4O/c1-4-14-41(15-5-1)44-26-28-46(29-27-44)49-21-13-23-52(39-49)67-55-25-11-10-24-53(55)59-56(67)36-37-57-60(59)54-35-34-51(40-58(54)68-57)63-65-61(47-32-30-45(31-33-47)42-16-6-2-7-17-42)64-62(66-63)50-22-12-20-48(38-50)43-18-8-3-9-19-43/h1-40,56,59H. The third-order valence-corrected chi connectivity index (χ3v) is 13.5. The molecule has 3 heterocycles. The molecular weight excluding hydrogens is 829 g/mol. The Balaban J connectivity index is 0.870. The van der Waals surface area contributed by atoms with E-state index in [-0.39, 0.29) is 12.0 Å². The minimum absolute atomic E-state index is 0.0599. The van der Waals surface area contributed by atoms with Gasteiger partial charge in [-0.2, -0.15) is 0 Å². The van der Waals surface area contributed by atoms with Gasteiger partial charge in [-0.1, -0.05) is 206 Å². The van der Waals surface area contributed by atoms with E-state index in [4.69, 9.17) is 19.4 Å². The number of rotatable bonds is 8. The van der Waals surface area contributed by atoms with Crippen molar-refractivity contribution in [2.75, 3.05) is 4.90 Å². The SMILES string of the molecule is C1=CC2C(c3ccccc3N2c2cccc(-c3ccc(-c4ccccc4)cc3)c2)c2c1oc1cc(-c3nc(-c4ccc(-c5ccccc5)cc4)nc(-c4cccc(-c5ccccc5)c4)n3)ccc21. The maximum atomic E-state index is 6.81. The molecule has 11 aromatic rings. The number of furan rings is 1. The zero-order valence-corrected chi connectivity index (χ0v) is 36.9. The zero-order chi connectivity index (χ0) is 45.0. The first-order valence-corrected chi connectivity index (χ1v) is 23.2. The summed E-state index contributed by atoms with van der Waals surface area (Å²) in [5.41, 5.74) is 17.7. The van der Waals surface area contributed by atoms with Crippen LogP contribution in [-0.2, 0) is 0 Å². The molecule has 5 heteroatoms. The van der Waals surface area contributed by atoms with Crippen LogP contribution in [0.25, 0.3) is 95.7 Å². The van der Waals surface area contributed by atoms with Gasteiger partial charge in [-0.25, -0.2) is 15.0 Å². The van der Waals surface area contributed by atoms with Gasteiger partial charge < -0.3 is 9.32 Å². The van der Waals surface area contributed by atoms with Gasteiger partial charge in [-0.3, -0.25) is 0 Å². The molecule has 0 fully saturated rings. The van der Waals surface area contributed by atoms with Crippen molar-refractivity contribution in [1.29, 1.82) is 0 Å². The average Bonchev–Trinajstić information content (AvgIpc) is 3.97. The molecule has 2 aromatic heterocycles. The highest BCUT2D eigenvalue weighted by molar-refractivity contribution is 5.93. The minimum Gasteiger partial charge on any atom is -0.456 e. The molecule has 9 aromatic carbocycles. The molecule has 1 aliphatic carbocycles. The third kappa shape index (κ3) is 7.00. The number of hydrogen-bond acceptors (Lipinski definition) is 5. The van der Waals surface area contributed by atoms with Crippen LogP contribution in [0.15, 0.2) is 241 Å². The van der Waals surface area contributed by atoms with Gasteiger partial charge in [0.25, 0.3) is 0 Å². The summed E-state index contributed by atoms with van der Waals surface area (Å²) in [6, 6.07) is 81.4. The lowest BCUT2D eigenvalue weighted by Gasteiger charge is -2.30. The molecule has 68 heavy (non-hydrogen) atoms. The number of nitrogens with zero attached hydrogens (tertiary/aromatic N) is 4. The molecule has 0 N–H and O–H groups in total. The Kier molecular flexibility index (Phi) is 9.57. The summed E-state index contributed by atoms with van der Waals surface area (Å²) in [5.74, 6) is 2.75. The second-order valence-corrected chi connectivity index (χ2v) is 17.5. The highest BCUT2D eigenvalue weighted by Crippen LogP contribution is 2.54. The largest absolute Gasteiger partial charge is 0.456 e. The first-order chi connectivity index (χ1) is 33.7. The van der Waals surface area contributed by atoms with E-state index in [1.807, 2.05) is 12.1 Å².